The summed E-state index contributed by atoms with van der Waals surface area (Å²) in [5.41, 5.74) is 1.17. The SMILES string of the molecule is Cn1cc([C@H]2CNC[C@@H]2C(=O)NCCC2CC3CCC2C3)cn1. The first-order valence-electron chi connectivity index (χ1n) is 9.17. The summed E-state index contributed by atoms with van der Waals surface area (Å²) >= 11 is 0. The lowest BCUT2D eigenvalue weighted by Crippen LogP contribution is -2.35. The Balaban J connectivity index is 1.28. The Kier molecular flexibility index (Phi) is 4.14. The van der Waals surface area contributed by atoms with Gasteiger partial charge in [0.15, 0.2) is 0 Å². The molecule has 1 aromatic rings. The van der Waals surface area contributed by atoms with Crippen LogP contribution in [0.3, 0.4) is 0 Å². The number of carbonyl (C=O) groups is 1. The highest BCUT2D eigenvalue weighted by molar-refractivity contribution is 5.80. The van der Waals surface area contributed by atoms with Crippen molar-refractivity contribution in [1.82, 2.24) is 20.4 Å². The van der Waals surface area contributed by atoms with Crippen molar-refractivity contribution >= 4 is 5.91 Å². The molecule has 2 bridgehead atoms. The first-order valence-corrected chi connectivity index (χ1v) is 9.17. The third-order valence-corrected chi connectivity index (χ3v) is 6.40. The number of nitrogens with zero attached hydrogens (tertiary/aromatic N) is 2. The summed E-state index contributed by atoms with van der Waals surface area (Å²) in [5, 5.41) is 10.8. The second-order valence-electron chi connectivity index (χ2n) is 7.83. The van der Waals surface area contributed by atoms with Gasteiger partial charge >= 0.3 is 0 Å². The van der Waals surface area contributed by atoms with Crippen LogP contribution in [0, 0.1) is 23.7 Å². The molecule has 3 fully saturated rings. The van der Waals surface area contributed by atoms with E-state index in [1.54, 1.807) is 0 Å². The predicted molar refractivity (Wildman–Crippen MR) is 88.9 cm³/mol. The Labute approximate surface area is 138 Å². The maximum absolute atomic E-state index is 12.6. The molecule has 2 N–H and O–H groups in total. The van der Waals surface area contributed by atoms with Crippen LogP contribution in [0.15, 0.2) is 12.4 Å². The Hall–Kier alpha value is -1.36. The van der Waals surface area contributed by atoms with Crippen molar-refractivity contribution < 1.29 is 4.79 Å². The number of aromatic nitrogens is 2. The fourth-order valence-corrected chi connectivity index (χ4v) is 5.18. The molecule has 3 unspecified atom stereocenters. The zero-order valence-corrected chi connectivity index (χ0v) is 14.0. The number of amides is 1. The predicted octanol–water partition coefficient (Wildman–Crippen LogP) is 1.67. The lowest BCUT2D eigenvalue weighted by molar-refractivity contribution is -0.124. The van der Waals surface area contributed by atoms with Crippen molar-refractivity contribution in [3.05, 3.63) is 18.0 Å². The number of hydrogen-bond donors (Lipinski definition) is 2. The highest BCUT2D eigenvalue weighted by Crippen LogP contribution is 2.49. The van der Waals surface area contributed by atoms with E-state index in [2.05, 4.69) is 15.7 Å². The number of rotatable bonds is 5. The van der Waals surface area contributed by atoms with Gasteiger partial charge in [-0.05, 0) is 49.0 Å². The Bertz CT molecular complexity index is 569. The normalized spacial score (nSPS) is 35.8. The summed E-state index contributed by atoms with van der Waals surface area (Å²) in [5.74, 6) is 3.32. The van der Waals surface area contributed by atoms with Crippen molar-refractivity contribution in [3.63, 3.8) is 0 Å². The fraction of sp³-hybridized carbons (Fsp3) is 0.778. The summed E-state index contributed by atoms with van der Waals surface area (Å²) in [6.45, 7) is 2.50. The summed E-state index contributed by atoms with van der Waals surface area (Å²) < 4.78 is 1.82. The lowest BCUT2D eigenvalue weighted by atomic mass is 9.86. The van der Waals surface area contributed by atoms with E-state index >= 15 is 0 Å². The van der Waals surface area contributed by atoms with E-state index in [0.717, 1.165) is 37.4 Å². The quantitative estimate of drug-likeness (QED) is 0.869. The molecule has 5 nitrogen and oxygen atoms in total. The average molecular weight is 316 g/mol. The molecule has 4 rings (SSSR count). The van der Waals surface area contributed by atoms with Gasteiger partial charge in [-0.2, -0.15) is 5.10 Å². The van der Waals surface area contributed by atoms with Crippen LogP contribution in [-0.4, -0.2) is 35.3 Å². The van der Waals surface area contributed by atoms with E-state index < -0.39 is 0 Å². The molecule has 1 saturated heterocycles. The zero-order valence-electron chi connectivity index (χ0n) is 14.0. The molecule has 5 heteroatoms. The second-order valence-corrected chi connectivity index (χ2v) is 7.83. The molecule has 0 aromatic carbocycles. The summed E-state index contributed by atoms with van der Waals surface area (Å²) in [7, 11) is 1.93. The lowest BCUT2D eigenvalue weighted by Gasteiger charge is -2.22. The molecule has 2 heterocycles. The Morgan fingerprint density at radius 3 is 3.00 bits per heavy atom. The highest BCUT2D eigenvalue weighted by Gasteiger charge is 2.39. The number of fused-ring (bicyclic) bond motifs is 2. The zero-order chi connectivity index (χ0) is 15.8. The van der Waals surface area contributed by atoms with Crippen LogP contribution in [0.1, 0.15) is 43.6 Å². The molecule has 1 aliphatic heterocycles. The van der Waals surface area contributed by atoms with E-state index in [0.29, 0.717) is 0 Å². The summed E-state index contributed by atoms with van der Waals surface area (Å²) in [6, 6.07) is 0. The molecule has 0 radical (unpaired) electrons. The maximum Gasteiger partial charge on any atom is 0.225 e. The van der Waals surface area contributed by atoms with Gasteiger partial charge < -0.3 is 10.6 Å². The van der Waals surface area contributed by atoms with Gasteiger partial charge in [-0.3, -0.25) is 9.48 Å². The van der Waals surface area contributed by atoms with Crippen LogP contribution in [-0.2, 0) is 11.8 Å². The first-order chi connectivity index (χ1) is 11.2. The number of carbonyl (C=O) groups excluding carboxylic acids is 1. The second kappa shape index (κ2) is 6.27. The van der Waals surface area contributed by atoms with Gasteiger partial charge in [0.2, 0.25) is 5.91 Å². The van der Waals surface area contributed by atoms with Gasteiger partial charge in [-0.1, -0.05) is 6.42 Å². The van der Waals surface area contributed by atoms with Crippen molar-refractivity contribution in [3.8, 4) is 0 Å². The molecule has 1 aromatic heterocycles. The maximum atomic E-state index is 12.6. The van der Waals surface area contributed by atoms with E-state index in [-0.39, 0.29) is 17.7 Å². The average Bonchev–Trinajstić information content (AvgIpc) is 3.30. The minimum absolute atomic E-state index is 0.0410. The third kappa shape index (κ3) is 3.03. The molecule has 2 aliphatic carbocycles. The van der Waals surface area contributed by atoms with Crippen molar-refractivity contribution in [2.45, 2.75) is 38.0 Å². The van der Waals surface area contributed by atoms with Crippen LogP contribution >= 0.6 is 0 Å². The highest BCUT2D eigenvalue weighted by atomic mass is 16.1. The summed E-state index contributed by atoms with van der Waals surface area (Å²) in [6.07, 6.45) is 10.8. The van der Waals surface area contributed by atoms with Gasteiger partial charge in [-0.15, -0.1) is 0 Å². The van der Waals surface area contributed by atoms with Gasteiger partial charge in [0.05, 0.1) is 12.1 Å². The minimum atomic E-state index is 0.0410. The molecule has 2 saturated carbocycles. The van der Waals surface area contributed by atoms with Crippen LogP contribution in [0.4, 0.5) is 0 Å². The Morgan fingerprint density at radius 2 is 2.30 bits per heavy atom. The Morgan fingerprint density at radius 1 is 1.39 bits per heavy atom. The smallest absolute Gasteiger partial charge is 0.225 e. The van der Waals surface area contributed by atoms with Gasteiger partial charge in [-0.25, -0.2) is 0 Å². The molecular weight excluding hydrogens is 288 g/mol. The van der Waals surface area contributed by atoms with Crippen molar-refractivity contribution in [2.75, 3.05) is 19.6 Å². The molecule has 1 amide bonds. The molecule has 0 spiro atoms. The van der Waals surface area contributed by atoms with Gasteiger partial charge in [0, 0.05) is 38.8 Å². The van der Waals surface area contributed by atoms with Crippen LogP contribution < -0.4 is 10.6 Å². The largest absolute Gasteiger partial charge is 0.356 e. The third-order valence-electron chi connectivity index (χ3n) is 6.40. The van der Waals surface area contributed by atoms with Crippen molar-refractivity contribution in [1.29, 1.82) is 0 Å². The van der Waals surface area contributed by atoms with Gasteiger partial charge in [0.25, 0.3) is 0 Å². The molecular formula is C18H28N4O. The number of aryl methyl sites for hydroxylation is 1. The first kappa shape index (κ1) is 15.2. The van der Waals surface area contributed by atoms with E-state index in [9.17, 15) is 4.79 Å². The molecule has 5 atom stereocenters. The number of hydrogen-bond acceptors (Lipinski definition) is 3. The van der Waals surface area contributed by atoms with Crippen LogP contribution in [0.25, 0.3) is 0 Å². The van der Waals surface area contributed by atoms with Crippen molar-refractivity contribution in [2.24, 2.45) is 30.7 Å². The monoisotopic (exact) mass is 316 g/mol. The molecule has 126 valence electrons. The van der Waals surface area contributed by atoms with Gasteiger partial charge in [0.1, 0.15) is 0 Å². The van der Waals surface area contributed by atoms with Crippen LogP contribution in [0.5, 0.6) is 0 Å². The van der Waals surface area contributed by atoms with E-state index in [4.69, 9.17) is 0 Å². The standard InChI is InChI=1S/C18H28N4O/c1-22-11-15(8-21-22)16-9-19-10-17(16)18(23)20-5-4-14-7-12-2-3-13(14)6-12/h8,11-14,16-17,19H,2-7,9-10H2,1H3,(H,20,23)/t12?,13?,14?,16-,17+/m1/s1. The fourth-order valence-electron chi connectivity index (χ4n) is 5.18. The molecule has 23 heavy (non-hydrogen) atoms. The van der Waals surface area contributed by atoms with Crippen LogP contribution in [0.2, 0.25) is 0 Å². The topological polar surface area (TPSA) is 59.0 Å². The van der Waals surface area contributed by atoms with E-state index in [1.165, 1.54) is 37.7 Å². The summed E-state index contributed by atoms with van der Waals surface area (Å²) in [4.78, 5) is 12.6. The minimum Gasteiger partial charge on any atom is -0.356 e. The van der Waals surface area contributed by atoms with E-state index in [1.807, 2.05) is 24.1 Å². The number of nitrogens with one attached hydrogen (secondary N) is 2. The molecule has 3 aliphatic rings.